The van der Waals surface area contributed by atoms with E-state index in [1.165, 1.54) is 12.3 Å². The normalized spacial score (nSPS) is 14.0. The van der Waals surface area contributed by atoms with E-state index in [1.54, 1.807) is 0 Å². The average Bonchev–Trinajstić information content (AvgIpc) is 3.28. The number of aromatic nitrogens is 1. The Morgan fingerprint density at radius 1 is 1.50 bits per heavy atom. The third kappa shape index (κ3) is 4.97. The van der Waals surface area contributed by atoms with Crippen LogP contribution in [0.3, 0.4) is 0 Å². The summed E-state index contributed by atoms with van der Waals surface area (Å²) in [6.07, 6.45) is 3.94. The first-order chi connectivity index (χ1) is 10.5. The molecule has 0 unspecified atom stereocenters. The summed E-state index contributed by atoms with van der Waals surface area (Å²) in [5, 5.41) is 21.2. The average molecular weight is 307 g/mol. The maximum Gasteiger partial charge on any atom is 0.490 e. The van der Waals surface area contributed by atoms with E-state index in [9.17, 15) is 14.8 Å². The number of hydrogen-bond donors (Lipinski definition) is 3. The molecule has 8 heteroatoms. The molecule has 0 spiro atoms. The molecular weight excluding hydrogens is 285 g/mol. The first-order valence-corrected chi connectivity index (χ1v) is 7.42. The van der Waals surface area contributed by atoms with E-state index in [2.05, 4.69) is 15.2 Å². The molecule has 1 amide bonds. The molecule has 0 aliphatic heterocycles. The number of nitrogens with zero attached hydrogens (tertiary/aromatic N) is 2. The third-order valence-corrected chi connectivity index (χ3v) is 3.36. The zero-order valence-corrected chi connectivity index (χ0v) is 13.0. The number of hydrogen-bond acceptors (Lipinski definition) is 6. The van der Waals surface area contributed by atoms with Crippen molar-refractivity contribution in [2.75, 3.05) is 32.6 Å². The molecule has 22 heavy (non-hydrogen) atoms. The molecule has 0 saturated heterocycles. The quantitative estimate of drug-likeness (QED) is 0.440. The molecule has 1 aromatic heterocycles. The number of nitrogens with one attached hydrogen (secondary N) is 1. The van der Waals surface area contributed by atoms with Gasteiger partial charge in [0.15, 0.2) is 0 Å². The molecule has 1 aromatic rings. The van der Waals surface area contributed by atoms with E-state index in [0.29, 0.717) is 18.2 Å². The number of carbonyl (C=O) groups is 1. The van der Waals surface area contributed by atoms with Crippen LogP contribution in [0.15, 0.2) is 12.3 Å². The third-order valence-electron chi connectivity index (χ3n) is 3.36. The molecule has 1 heterocycles. The lowest BCUT2D eigenvalue weighted by Gasteiger charge is -2.14. The summed E-state index contributed by atoms with van der Waals surface area (Å²) in [6.45, 7) is 1.36. The Kier molecular flexibility index (Phi) is 5.76. The molecule has 1 saturated carbocycles. The van der Waals surface area contributed by atoms with Crippen LogP contribution in [0.1, 0.15) is 19.3 Å². The van der Waals surface area contributed by atoms with E-state index in [1.807, 2.05) is 14.1 Å². The van der Waals surface area contributed by atoms with E-state index in [0.717, 1.165) is 25.8 Å². The molecule has 1 aliphatic rings. The predicted molar refractivity (Wildman–Crippen MR) is 84.1 cm³/mol. The number of pyridine rings is 1. The zero-order chi connectivity index (χ0) is 16.1. The van der Waals surface area contributed by atoms with E-state index < -0.39 is 7.12 Å². The number of anilines is 1. The number of rotatable bonds is 8. The highest BCUT2D eigenvalue weighted by Crippen LogP contribution is 2.31. The van der Waals surface area contributed by atoms with Gasteiger partial charge in [0, 0.05) is 24.1 Å². The van der Waals surface area contributed by atoms with Gasteiger partial charge >= 0.3 is 7.12 Å². The van der Waals surface area contributed by atoms with Crippen molar-refractivity contribution in [3.63, 3.8) is 0 Å². The summed E-state index contributed by atoms with van der Waals surface area (Å²) >= 11 is 0. The first kappa shape index (κ1) is 16.7. The van der Waals surface area contributed by atoms with Gasteiger partial charge in [-0.15, -0.1) is 0 Å². The standard InChI is InChI=1S/C14H22BN3O4/c1-18(2)6-3-7-22-14-12(17-13(19)10-4-5-10)8-11(9-16-14)15(20)21/h8-10,20-21H,3-7H2,1-2H3,(H,17,19). The van der Waals surface area contributed by atoms with Crippen LogP contribution in [0.25, 0.3) is 0 Å². The maximum atomic E-state index is 11.9. The molecular formula is C14H22BN3O4. The second-order valence-corrected chi connectivity index (χ2v) is 5.76. The molecule has 1 fully saturated rings. The Hall–Kier alpha value is -1.64. The minimum atomic E-state index is -1.63. The van der Waals surface area contributed by atoms with Crippen LogP contribution >= 0.6 is 0 Å². The fourth-order valence-corrected chi connectivity index (χ4v) is 1.94. The Balaban J connectivity index is 2.03. The van der Waals surface area contributed by atoms with Gasteiger partial charge in [-0.2, -0.15) is 0 Å². The fourth-order valence-electron chi connectivity index (χ4n) is 1.94. The van der Waals surface area contributed by atoms with Crippen LogP contribution in [0.5, 0.6) is 5.88 Å². The van der Waals surface area contributed by atoms with Crippen molar-refractivity contribution < 1.29 is 19.6 Å². The highest BCUT2D eigenvalue weighted by Gasteiger charge is 2.30. The van der Waals surface area contributed by atoms with Crippen LogP contribution in [-0.2, 0) is 4.79 Å². The van der Waals surface area contributed by atoms with Crippen molar-refractivity contribution in [1.29, 1.82) is 0 Å². The van der Waals surface area contributed by atoms with Crippen molar-refractivity contribution in [3.05, 3.63) is 12.3 Å². The molecule has 2 rings (SSSR count). The van der Waals surface area contributed by atoms with Gasteiger partial charge in [-0.25, -0.2) is 4.98 Å². The SMILES string of the molecule is CN(C)CCCOc1ncc(B(O)O)cc1NC(=O)C1CC1. The lowest BCUT2D eigenvalue weighted by molar-refractivity contribution is -0.117. The van der Waals surface area contributed by atoms with Gasteiger partial charge in [-0.3, -0.25) is 4.79 Å². The second-order valence-electron chi connectivity index (χ2n) is 5.76. The number of ether oxygens (including phenoxy) is 1. The molecule has 3 N–H and O–H groups in total. The lowest BCUT2D eigenvalue weighted by atomic mass is 9.81. The summed E-state index contributed by atoms with van der Waals surface area (Å²) < 4.78 is 5.61. The predicted octanol–water partition coefficient (Wildman–Crippen LogP) is -0.560. The summed E-state index contributed by atoms with van der Waals surface area (Å²) in [7, 11) is 2.33. The van der Waals surface area contributed by atoms with Gasteiger partial charge in [-0.1, -0.05) is 0 Å². The van der Waals surface area contributed by atoms with Gasteiger partial charge < -0.3 is 25.0 Å². The summed E-state index contributed by atoms with van der Waals surface area (Å²) in [4.78, 5) is 18.0. The van der Waals surface area contributed by atoms with Crippen molar-refractivity contribution in [3.8, 4) is 5.88 Å². The van der Waals surface area contributed by atoms with Crippen molar-refractivity contribution >= 4 is 24.2 Å². The Labute approximate surface area is 130 Å². The van der Waals surface area contributed by atoms with Crippen molar-refractivity contribution in [1.82, 2.24) is 9.88 Å². The molecule has 0 atom stereocenters. The highest BCUT2D eigenvalue weighted by atomic mass is 16.5. The lowest BCUT2D eigenvalue weighted by Crippen LogP contribution is -2.31. The van der Waals surface area contributed by atoms with Crippen LogP contribution in [0.2, 0.25) is 0 Å². The van der Waals surface area contributed by atoms with Crippen LogP contribution in [0, 0.1) is 5.92 Å². The minimum absolute atomic E-state index is 0.0456. The summed E-state index contributed by atoms with van der Waals surface area (Å²) in [5.74, 6) is 0.269. The first-order valence-electron chi connectivity index (χ1n) is 7.42. The second kappa shape index (κ2) is 7.57. The fraction of sp³-hybridized carbons (Fsp3) is 0.571. The van der Waals surface area contributed by atoms with E-state index in [-0.39, 0.29) is 17.3 Å². The van der Waals surface area contributed by atoms with E-state index >= 15 is 0 Å². The largest absolute Gasteiger partial charge is 0.490 e. The zero-order valence-electron chi connectivity index (χ0n) is 13.0. The topological polar surface area (TPSA) is 94.9 Å². The number of amides is 1. The summed E-state index contributed by atoms with van der Waals surface area (Å²) in [6, 6.07) is 1.49. The Morgan fingerprint density at radius 2 is 2.23 bits per heavy atom. The summed E-state index contributed by atoms with van der Waals surface area (Å²) in [5.41, 5.74) is 0.596. The van der Waals surface area contributed by atoms with Gasteiger partial charge in [0.2, 0.25) is 11.8 Å². The maximum absolute atomic E-state index is 11.9. The minimum Gasteiger partial charge on any atom is -0.476 e. The van der Waals surface area contributed by atoms with E-state index in [4.69, 9.17) is 4.74 Å². The molecule has 1 aliphatic carbocycles. The van der Waals surface area contributed by atoms with Gasteiger partial charge in [0.1, 0.15) is 5.69 Å². The van der Waals surface area contributed by atoms with Gasteiger partial charge in [-0.05, 0) is 39.4 Å². The Morgan fingerprint density at radius 3 is 2.82 bits per heavy atom. The highest BCUT2D eigenvalue weighted by molar-refractivity contribution is 6.58. The van der Waals surface area contributed by atoms with Crippen LogP contribution in [-0.4, -0.2) is 60.2 Å². The molecule has 7 nitrogen and oxygen atoms in total. The molecule has 120 valence electrons. The van der Waals surface area contributed by atoms with Crippen LogP contribution in [0.4, 0.5) is 5.69 Å². The Bertz CT molecular complexity index is 521. The number of carbonyl (C=O) groups excluding carboxylic acids is 1. The van der Waals surface area contributed by atoms with Gasteiger partial charge in [0.25, 0.3) is 0 Å². The van der Waals surface area contributed by atoms with Crippen LogP contribution < -0.4 is 15.5 Å². The smallest absolute Gasteiger partial charge is 0.476 e. The van der Waals surface area contributed by atoms with Crippen molar-refractivity contribution in [2.45, 2.75) is 19.3 Å². The van der Waals surface area contributed by atoms with Gasteiger partial charge in [0.05, 0.1) is 6.61 Å². The monoisotopic (exact) mass is 307 g/mol. The molecule has 0 aromatic carbocycles. The molecule has 0 bridgehead atoms. The molecule has 0 radical (unpaired) electrons. The van der Waals surface area contributed by atoms with Crippen molar-refractivity contribution in [2.24, 2.45) is 5.92 Å².